The molecule has 0 saturated carbocycles. The predicted molar refractivity (Wildman–Crippen MR) is 60.6 cm³/mol. The van der Waals surface area contributed by atoms with E-state index in [4.69, 9.17) is 0 Å². The molecule has 0 saturated heterocycles. The van der Waals surface area contributed by atoms with Crippen molar-refractivity contribution in [3.05, 3.63) is 12.4 Å². The summed E-state index contributed by atoms with van der Waals surface area (Å²) in [7, 11) is -5.99. The topological polar surface area (TPSA) is 110 Å². The number of ether oxygens (including phenoxy) is 2. The van der Waals surface area contributed by atoms with Crippen molar-refractivity contribution in [1.82, 2.24) is 0 Å². The van der Waals surface area contributed by atoms with Gasteiger partial charge in [-0.3, -0.25) is 4.79 Å². The molecular formula is C10H12F3O7S-. The van der Waals surface area contributed by atoms with E-state index in [-0.39, 0.29) is 0 Å². The summed E-state index contributed by atoms with van der Waals surface area (Å²) in [6, 6.07) is 0. The Morgan fingerprint density at radius 2 is 1.67 bits per heavy atom. The van der Waals surface area contributed by atoms with Gasteiger partial charge in [0.05, 0.1) is 5.41 Å². The van der Waals surface area contributed by atoms with Crippen molar-refractivity contribution in [1.29, 1.82) is 0 Å². The number of hydrogen-bond donors (Lipinski definition) is 0. The number of halogens is 3. The summed E-state index contributed by atoms with van der Waals surface area (Å²) in [5.74, 6) is -4.26. The third kappa shape index (κ3) is 5.71. The SMILES string of the molecule is C=C(F)C(=O)OCC(C)(C)C(=O)OCC(F)(F)S(=O)(=O)[O-]. The monoisotopic (exact) mass is 333 g/mol. The Morgan fingerprint density at radius 1 is 1.19 bits per heavy atom. The van der Waals surface area contributed by atoms with E-state index in [0.717, 1.165) is 13.8 Å². The molecule has 0 spiro atoms. The van der Waals surface area contributed by atoms with Crippen LogP contribution in [0.15, 0.2) is 12.4 Å². The van der Waals surface area contributed by atoms with Gasteiger partial charge in [-0.1, -0.05) is 6.58 Å². The van der Waals surface area contributed by atoms with Crippen LogP contribution in [0.3, 0.4) is 0 Å². The molecule has 0 aliphatic carbocycles. The number of alkyl halides is 2. The van der Waals surface area contributed by atoms with Crippen molar-refractivity contribution in [2.75, 3.05) is 13.2 Å². The molecule has 0 heterocycles. The highest BCUT2D eigenvalue weighted by molar-refractivity contribution is 7.86. The Morgan fingerprint density at radius 3 is 2.05 bits per heavy atom. The Kier molecular flexibility index (Phi) is 5.94. The maximum Gasteiger partial charge on any atom is 0.367 e. The van der Waals surface area contributed by atoms with E-state index in [1.165, 1.54) is 0 Å². The second-order valence-electron chi connectivity index (χ2n) is 4.53. The smallest absolute Gasteiger partial charge is 0.367 e. The van der Waals surface area contributed by atoms with Crippen LogP contribution in [0.4, 0.5) is 13.2 Å². The highest BCUT2D eigenvalue weighted by Crippen LogP contribution is 2.24. The minimum Gasteiger partial charge on any atom is -0.743 e. The minimum absolute atomic E-state index is 0.733. The van der Waals surface area contributed by atoms with Gasteiger partial charge in [0.25, 0.3) is 0 Å². The van der Waals surface area contributed by atoms with Crippen LogP contribution in [0.5, 0.6) is 0 Å². The van der Waals surface area contributed by atoms with Crippen molar-refractivity contribution < 1.29 is 45.2 Å². The van der Waals surface area contributed by atoms with Gasteiger partial charge in [-0.15, -0.1) is 0 Å². The lowest BCUT2D eigenvalue weighted by Gasteiger charge is -2.24. The first-order valence-corrected chi connectivity index (χ1v) is 6.63. The predicted octanol–water partition coefficient (Wildman–Crippen LogP) is 0.720. The number of esters is 2. The fourth-order valence-corrected chi connectivity index (χ4v) is 1.00. The Hall–Kier alpha value is -1.62. The fourth-order valence-electron chi connectivity index (χ4n) is 0.800. The number of carbonyl (C=O) groups is 2. The van der Waals surface area contributed by atoms with E-state index in [1.54, 1.807) is 0 Å². The minimum atomic E-state index is -5.99. The molecule has 122 valence electrons. The highest BCUT2D eigenvalue weighted by atomic mass is 32.2. The van der Waals surface area contributed by atoms with Crippen LogP contribution in [0.1, 0.15) is 13.8 Å². The van der Waals surface area contributed by atoms with Gasteiger partial charge in [0.2, 0.25) is 5.83 Å². The van der Waals surface area contributed by atoms with Crippen LogP contribution in [-0.2, 0) is 29.2 Å². The van der Waals surface area contributed by atoms with E-state index in [1.807, 2.05) is 0 Å². The Labute approximate surface area is 118 Å². The van der Waals surface area contributed by atoms with Gasteiger partial charge in [-0.2, -0.15) is 13.2 Å². The van der Waals surface area contributed by atoms with Crippen molar-refractivity contribution in [2.24, 2.45) is 5.41 Å². The molecule has 0 radical (unpaired) electrons. The van der Waals surface area contributed by atoms with Crippen molar-refractivity contribution in [3.63, 3.8) is 0 Å². The first-order valence-electron chi connectivity index (χ1n) is 5.23. The Bertz CT molecular complexity index is 539. The van der Waals surface area contributed by atoms with Crippen LogP contribution in [-0.4, -0.2) is 43.4 Å². The summed E-state index contributed by atoms with van der Waals surface area (Å²) in [5.41, 5.74) is -1.67. The van der Waals surface area contributed by atoms with Gasteiger partial charge >= 0.3 is 17.2 Å². The second kappa shape index (κ2) is 6.43. The summed E-state index contributed by atoms with van der Waals surface area (Å²) in [4.78, 5) is 22.2. The lowest BCUT2D eigenvalue weighted by molar-refractivity contribution is -0.165. The van der Waals surface area contributed by atoms with E-state index in [0.29, 0.717) is 0 Å². The van der Waals surface area contributed by atoms with Crippen LogP contribution in [0, 0.1) is 5.41 Å². The first-order chi connectivity index (χ1) is 9.21. The van der Waals surface area contributed by atoms with Crippen molar-refractivity contribution >= 4 is 22.1 Å². The van der Waals surface area contributed by atoms with Crippen LogP contribution >= 0.6 is 0 Å². The molecule has 7 nitrogen and oxygen atoms in total. The quantitative estimate of drug-likeness (QED) is 0.383. The summed E-state index contributed by atoms with van der Waals surface area (Å²) < 4.78 is 76.8. The fraction of sp³-hybridized carbons (Fsp3) is 0.600. The molecule has 0 aromatic carbocycles. The lowest BCUT2D eigenvalue weighted by atomic mass is 9.95. The molecule has 0 unspecified atom stereocenters. The van der Waals surface area contributed by atoms with Crippen LogP contribution in [0.2, 0.25) is 0 Å². The van der Waals surface area contributed by atoms with Gasteiger partial charge in [0.15, 0.2) is 16.7 Å². The third-order valence-electron chi connectivity index (χ3n) is 2.08. The normalized spacial score (nSPS) is 12.7. The average molecular weight is 333 g/mol. The molecule has 0 aliphatic rings. The van der Waals surface area contributed by atoms with Gasteiger partial charge in [-0.25, -0.2) is 13.2 Å². The molecule has 0 bridgehead atoms. The van der Waals surface area contributed by atoms with E-state index in [2.05, 4.69) is 16.1 Å². The molecule has 0 amide bonds. The summed E-state index contributed by atoms with van der Waals surface area (Å²) >= 11 is 0. The molecule has 0 aliphatic heterocycles. The lowest BCUT2D eigenvalue weighted by Crippen LogP contribution is -2.39. The molecule has 0 aromatic heterocycles. The molecule has 0 fully saturated rings. The molecule has 0 rings (SSSR count). The van der Waals surface area contributed by atoms with Crippen molar-refractivity contribution in [2.45, 2.75) is 19.1 Å². The zero-order chi connectivity index (χ0) is 17.1. The van der Waals surface area contributed by atoms with E-state index >= 15 is 0 Å². The third-order valence-corrected chi connectivity index (χ3v) is 2.92. The van der Waals surface area contributed by atoms with E-state index in [9.17, 15) is 35.7 Å². The van der Waals surface area contributed by atoms with Crippen molar-refractivity contribution in [3.8, 4) is 0 Å². The number of rotatable bonds is 7. The number of hydrogen-bond acceptors (Lipinski definition) is 7. The maximum absolute atomic E-state index is 12.8. The summed E-state index contributed by atoms with van der Waals surface area (Å²) in [6.45, 7) is 2.13. The molecule has 0 atom stereocenters. The molecule has 21 heavy (non-hydrogen) atoms. The molecule has 0 aromatic rings. The van der Waals surface area contributed by atoms with Gasteiger partial charge < -0.3 is 14.0 Å². The van der Waals surface area contributed by atoms with Crippen LogP contribution < -0.4 is 0 Å². The molecular weight excluding hydrogens is 321 g/mol. The Balaban J connectivity index is 4.65. The standard InChI is InChI=1S/C10H13F3O7S/c1-6(11)7(14)19-4-9(2,3)8(15)20-5-10(12,13)21(16,17)18/h1,4-5H2,2-3H3,(H,16,17,18)/p-1. The van der Waals surface area contributed by atoms with Gasteiger partial charge in [0, 0.05) is 0 Å². The van der Waals surface area contributed by atoms with Gasteiger partial charge in [-0.05, 0) is 13.8 Å². The van der Waals surface area contributed by atoms with E-state index < -0.39 is 51.8 Å². The summed E-state index contributed by atoms with van der Waals surface area (Å²) in [6.07, 6.45) is 0. The largest absolute Gasteiger partial charge is 0.743 e. The first kappa shape index (κ1) is 19.4. The number of carbonyl (C=O) groups excluding carboxylic acids is 2. The molecule has 0 N–H and O–H groups in total. The average Bonchev–Trinajstić information content (AvgIpc) is 2.31. The maximum atomic E-state index is 12.8. The van der Waals surface area contributed by atoms with Crippen LogP contribution in [0.25, 0.3) is 0 Å². The highest BCUT2D eigenvalue weighted by Gasteiger charge is 2.41. The zero-order valence-corrected chi connectivity index (χ0v) is 11.8. The molecule has 11 heteroatoms. The second-order valence-corrected chi connectivity index (χ2v) is 6.04. The summed E-state index contributed by atoms with van der Waals surface area (Å²) in [5, 5.41) is -4.79. The zero-order valence-electron chi connectivity index (χ0n) is 11.0. The van der Waals surface area contributed by atoms with Gasteiger partial charge in [0.1, 0.15) is 6.61 Å².